The lowest BCUT2D eigenvalue weighted by Crippen LogP contribution is -2.40. The van der Waals surface area contributed by atoms with E-state index in [4.69, 9.17) is 4.74 Å². The van der Waals surface area contributed by atoms with Crippen LogP contribution >= 0.6 is 0 Å². The lowest BCUT2D eigenvalue weighted by molar-refractivity contribution is -0.274. The molecule has 1 aliphatic rings. The number of aliphatic hydroxyl groups excluding tert-OH is 1. The first-order valence-corrected chi connectivity index (χ1v) is 6.28. The van der Waals surface area contributed by atoms with Gasteiger partial charge in [-0.2, -0.15) is 0 Å². The number of aliphatic hydroxyl groups is 1. The zero-order valence-electron chi connectivity index (χ0n) is 10.8. The molecule has 1 atom stereocenters. The van der Waals surface area contributed by atoms with Crippen LogP contribution in [-0.2, 0) is 4.74 Å². The van der Waals surface area contributed by atoms with Crippen molar-refractivity contribution >= 4 is 0 Å². The molecule has 0 aromatic heterocycles. The second-order valence-corrected chi connectivity index (χ2v) is 4.46. The van der Waals surface area contributed by atoms with Crippen LogP contribution in [0.4, 0.5) is 13.2 Å². The number of alkyl halides is 3. The van der Waals surface area contributed by atoms with Crippen molar-refractivity contribution in [3.63, 3.8) is 0 Å². The summed E-state index contributed by atoms with van der Waals surface area (Å²) in [6.07, 6.45) is -4.69. The molecule has 0 radical (unpaired) electrons. The number of benzene rings is 1. The van der Waals surface area contributed by atoms with Crippen molar-refractivity contribution in [2.45, 2.75) is 12.4 Å². The standard InChI is InChI=1S/C13H16F3NO3/c14-13(15,16)20-11-3-1-10(2-4-11)12(9-18)17-5-7-19-8-6-17/h1-4,12,18H,5-9H2/t12-/m1/s1. The smallest absolute Gasteiger partial charge is 0.406 e. The molecule has 1 aromatic rings. The molecule has 1 fully saturated rings. The maximum atomic E-state index is 12.1. The van der Waals surface area contributed by atoms with Crippen molar-refractivity contribution < 1.29 is 27.8 Å². The van der Waals surface area contributed by atoms with E-state index in [-0.39, 0.29) is 18.4 Å². The van der Waals surface area contributed by atoms with E-state index >= 15 is 0 Å². The zero-order valence-corrected chi connectivity index (χ0v) is 10.8. The van der Waals surface area contributed by atoms with Gasteiger partial charge in [-0.25, -0.2) is 0 Å². The van der Waals surface area contributed by atoms with Crippen LogP contribution in [0.1, 0.15) is 11.6 Å². The van der Waals surface area contributed by atoms with E-state index in [0.29, 0.717) is 26.3 Å². The Bertz CT molecular complexity index is 416. The molecule has 0 spiro atoms. The predicted octanol–water partition coefficient (Wildman–Crippen LogP) is 1.95. The third kappa shape index (κ3) is 4.09. The summed E-state index contributed by atoms with van der Waals surface area (Å²) in [4.78, 5) is 2.04. The summed E-state index contributed by atoms with van der Waals surface area (Å²) < 4.78 is 45.3. The topological polar surface area (TPSA) is 41.9 Å². The number of halogens is 3. The summed E-state index contributed by atoms with van der Waals surface area (Å²) in [6, 6.07) is 5.35. The van der Waals surface area contributed by atoms with Gasteiger partial charge >= 0.3 is 6.36 Å². The first kappa shape index (κ1) is 15.1. The van der Waals surface area contributed by atoms with Gasteiger partial charge in [-0.3, -0.25) is 4.90 Å². The largest absolute Gasteiger partial charge is 0.573 e. The SMILES string of the molecule is OC[C@H](c1ccc(OC(F)(F)F)cc1)N1CCOCC1. The van der Waals surface area contributed by atoms with Gasteiger partial charge in [-0.05, 0) is 17.7 Å². The van der Waals surface area contributed by atoms with E-state index in [1.807, 2.05) is 4.90 Å². The molecule has 1 heterocycles. The third-order valence-electron chi connectivity index (χ3n) is 3.16. The van der Waals surface area contributed by atoms with Gasteiger partial charge in [0.2, 0.25) is 0 Å². The highest BCUT2D eigenvalue weighted by Gasteiger charge is 2.31. The van der Waals surface area contributed by atoms with Gasteiger partial charge in [-0.15, -0.1) is 13.2 Å². The minimum atomic E-state index is -4.69. The summed E-state index contributed by atoms with van der Waals surface area (Å²) in [5, 5.41) is 9.49. The van der Waals surface area contributed by atoms with Crippen LogP contribution in [0.2, 0.25) is 0 Å². The van der Waals surface area contributed by atoms with E-state index in [1.165, 1.54) is 24.3 Å². The van der Waals surface area contributed by atoms with E-state index in [9.17, 15) is 18.3 Å². The molecule has 0 saturated carbocycles. The van der Waals surface area contributed by atoms with E-state index < -0.39 is 6.36 Å². The molecular formula is C13H16F3NO3. The molecule has 2 rings (SSSR count). The maximum absolute atomic E-state index is 12.1. The molecular weight excluding hydrogens is 275 g/mol. The lowest BCUT2D eigenvalue weighted by atomic mass is 10.1. The van der Waals surface area contributed by atoms with Gasteiger partial charge in [-0.1, -0.05) is 12.1 Å². The van der Waals surface area contributed by atoms with Crippen molar-refractivity contribution in [3.05, 3.63) is 29.8 Å². The van der Waals surface area contributed by atoms with Crippen molar-refractivity contribution in [2.24, 2.45) is 0 Å². The van der Waals surface area contributed by atoms with E-state index in [1.54, 1.807) is 0 Å². The average molecular weight is 291 g/mol. The minimum absolute atomic E-state index is 0.0977. The second kappa shape index (κ2) is 6.43. The van der Waals surface area contributed by atoms with Crippen LogP contribution in [0.3, 0.4) is 0 Å². The Kier molecular flexibility index (Phi) is 4.85. The highest BCUT2D eigenvalue weighted by molar-refractivity contribution is 5.29. The van der Waals surface area contributed by atoms with Gasteiger partial charge in [0.15, 0.2) is 0 Å². The van der Waals surface area contributed by atoms with Gasteiger partial charge < -0.3 is 14.6 Å². The van der Waals surface area contributed by atoms with E-state index in [2.05, 4.69) is 4.74 Å². The molecule has 112 valence electrons. The number of hydrogen-bond acceptors (Lipinski definition) is 4. The van der Waals surface area contributed by atoms with Gasteiger partial charge in [0.05, 0.1) is 25.9 Å². The minimum Gasteiger partial charge on any atom is -0.406 e. The molecule has 7 heteroatoms. The van der Waals surface area contributed by atoms with Crippen LogP contribution in [0.25, 0.3) is 0 Å². The number of rotatable bonds is 4. The van der Waals surface area contributed by atoms with Crippen LogP contribution in [0, 0.1) is 0 Å². The fourth-order valence-electron chi connectivity index (χ4n) is 2.21. The third-order valence-corrected chi connectivity index (χ3v) is 3.16. The lowest BCUT2D eigenvalue weighted by Gasteiger charge is -2.33. The Balaban J connectivity index is 2.06. The van der Waals surface area contributed by atoms with Crippen LogP contribution in [0.5, 0.6) is 5.75 Å². The van der Waals surface area contributed by atoms with Crippen molar-refractivity contribution in [3.8, 4) is 5.75 Å². The fourth-order valence-corrected chi connectivity index (χ4v) is 2.21. The molecule has 0 unspecified atom stereocenters. The molecule has 0 amide bonds. The van der Waals surface area contributed by atoms with Gasteiger partial charge in [0, 0.05) is 13.1 Å². The quantitative estimate of drug-likeness (QED) is 0.920. The molecule has 0 bridgehead atoms. The highest BCUT2D eigenvalue weighted by atomic mass is 19.4. The highest BCUT2D eigenvalue weighted by Crippen LogP contribution is 2.26. The molecule has 1 saturated heterocycles. The number of hydrogen-bond donors (Lipinski definition) is 1. The number of nitrogens with zero attached hydrogens (tertiary/aromatic N) is 1. The van der Waals surface area contributed by atoms with Crippen LogP contribution in [0.15, 0.2) is 24.3 Å². The van der Waals surface area contributed by atoms with E-state index in [0.717, 1.165) is 5.56 Å². The Morgan fingerprint density at radius 3 is 2.30 bits per heavy atom. The van der Waals surface area contributed by atoms with Gasteiger partial charge in [0.1, 0.15) is 5.75 Å². The number of ether oxygens (including phenoxy) is 2. The Morgan fingerprint density at radius 2 is 1.80 bits per heavy atom. The first-order valence-electron chi connectivity index (χ1n) is 6.28. The van der Waals surface area contributed by atoms with Crippen molar-refractivity contribution in [1.82, 2.24) is 4.90 Å². The molecule has 0 aliphatic carbocycles. The first-order chi connectivity index (χ1) is 9.49. The van der Waals surface area contributed by atoms with Crippen molar-refractivity contribution in [2.75, 3.05) is 32.9 Å². The fraction of sp³-hybridized carbons (Fsp3) is 0.538. The zero-order chi connectivity index (χ0) is 14.6. The van der Waals surface area contributed by atoms with Crippen LogP contribution < -0.4 is 4.74 Å². The maximum Gasteiger partial charge on any atom is 0.573 e. The number of morpholine rings is 1. The van der Waals surface area contributed by atoms with Crippen molar-refractivity contribution in [1.29, 1.82) is 0 Å². The Labute approximate surface area is 114 Å². The van der Waals surface area contributed by atoms with Gasteiger partial charge in [0.25, 0.3) is 0 Å². The predicted molar refractivity (Wildman–Crippen MR) is 65.3 cm³/mol. The molecule has 4 nitrogen and oxygen atoms in total. The summed E-state index contributed by atoms with van der Waals surface area (Å²) in [7, 11) is 0. The molecule has 1 N–H and O–H groups in total. The summed E-state index contributed by atoms with van der Waals surface area (Å²) in [5.41, 5.74) is 0.754. The van der Waals surface area contributed by atoms with Crippen LogP contribution in [-0.4, -0.2) is 49.3 Å². The summed E-state index contributed by atoms with van der Waals surface area (Å²) in [6.45, 7) is 2.45. The Hall–Kier alpha value is -1.31. The summed E-state index contributed by atoms with van der Waals surface area (Å²) in [5.74, 6) is -0.264. The molecule has 20 heavy (non-hydrogen) atoms. The molecule has 1 aromatic carbocycles. The normalized spacial score (nSPS) is 18.8. The monoisotopic (exact) mass is 291 g/mol. The Morgan fingerprint density at radius 1 is 1.20 bits per heavy atom. The molecule has 1 aliphatic heterocycles. The average Bonchev–Trinajstić information content (AvgIpc) is 2.41. The second-order valence-electron chi connectivity index (χ2n) is 4.46. The summed E-state index contributed by atoms with van der Waals surface area (Å²) >= 11 is 0.